The van der Waals surface area contributed by atoms with E-state index in [0.717, 1.165) is 5.69 Å². The Labute approximate surface area is 331 Å². The molecular formula is C55H38N2. The van der Waals surface area contributed by atoms with Gasteiger partial charge in [0.25, 0.3) is 0 Å². The first-order valence-corrected chi connectivity index (χ1v) is 19.9. The van der Waals surface area contributed by atoms with Gasteiger partial charge in [-0.3, -0.25) is 0 Å². The van der Waals surface area contributed by atoms with Crippen molar-refractivity contribution in [2.45, 2.75) is 19.3 Å². The molecule has 11 aromatic rings. The van der Waals surface area contributed by atoms with Gasteiger partial charge in [0, 0.05) is 38.0 Å². The molecule has 0 unspecified atom stereocenters. The van der Waals surface area contributed by atoms with Gasteiger partial charge in [0.2, 0.25) is 0 Å². The van der Waals surface area contributed by atoms with Crippen molar-refractivity contribution in [3.05, 3.63) is 205 Å². The predicted molar refractivity (Wildman–Crippen MR) is 241 cm³/mol. The van der Waals surface area contributed by atoms with Crippen molar-refractivity contribution in [3.8, 4) is 44.8 Å². The smallest absolute Gasteiger partial charge is 0.0544 e. The lowest BCUT2D eigenvalue weighted by atomic mass is 9.82. The van der Waals surface area contributed by atoms with Crippen LogP contribution in [0.3, 0.4) is 0 Å². The summed E-state index contributed by atoms with van der Waals surface area (Å²) in [4.78, 5) is 0. The molecule has 12 rings (SSSR count). The molecule has 57 heavy (non-hydrogen) atoms. The van der Waals surface area contributed by atoms with E-state index in [-0.39, 0.29) is 5.41 Å². The summed E-state index contributed by atoms with van der Waals surface area (Å²) in [6.07, 6.45) is 0. The van der Waals surface area contributed by atoms with Crippen LogP contribution >= 0.6 is 0 Å². The van der Waals surface area contributed by atoms with Gasteiger partial charge in [0.05, 0.1) is 27.8 Å². The average molecular weight is 727 g/mol. The Hall–Kier alpha value is -7.16. The lowest BCUT2D eigenvalue weighted by molar-refractivity contribution is 0.661. The van der Waals surface area contributed by atoms with E-state index < -0.39 is 0 Å². The van der Waals surface area contributed by atoms with Crippen LogP contribution in [0.5, 0.6) is 0 Å². The van der Waals surface area contributed by atoms with Crippen LogP contribution in [0, 0.1) is 0 Å². The minimum absolute atomic E-state index is 0.0934. The molecule has 0 bridgehead atoms. The molecule has 2 heteroatoms. The highest BCUT2D eigenvalue weighted by Crippen LogP contribution is 2.51. The van der Waals surface area contributed by atoms with Gasteiger partial charge in [-0.15, -0.1) is 0 Å². The molecule has 0 aliphatic heterocycles. The zero-order chi connectivity index (χ0) is 37.8. The fourth-order valence-corrected chi connectivity index (χ4v) is 9.92. The highest BCUT2D eigenvalue weighted by molar-refractivity contribution is 6.15. The van der Waals surface area contributed by atoms with E-state index in [9.17, 15) is 0 Å². The molecule has 2 nitrogen and oxygen atoms in total. The van der Waals surface area contributed by atoms with Crippen molar-refractivity contribution in [2.24, 2.45) is 0 Å². The predicted octanol–water partition coefficient (Wildman–Crippen LogP) is 14.7. The van der Waals surface area contributed by atoms with E-state index in [0.29, 0.717) is 0 Å². The zero-order valence-corrected chi connectivity index (χ0v) is 31.9. The van der Waals surface area contributed by atoms with Crippen LogP contribution < -0.4 is 0 Å². The molecule has 0 atom stereocenters. The van der Waals surface area contributed by atoms with Crippen LogP contribution in [-0.4, -0.2) is 9.13 Å². The molecule has 0 fully saturated rings. The SMILES string of the molecule is CC1(C)c2ccccc2-c2cc3c4cc(-c5ccc6c(c5)c5ccccc5n6-c5ccc(-c6ccccc6)cc5)ccc4n(-c4cccc5ccccc45)c3cc21. The Morgan fingerprint density at radius 1 is 0.333 bits per heavy atom. The zero-order valence-electron chi connectivity index (χ0n) is 31.9. The minimum atomic E-state index is -0.0934. The molecule has 2 heterocycles. The van der Waals surface area contributed by atoms with E-state index in [2.05, 4.69) is 217 Å². The number of nitrogens with zero attached hydrogens (tertiary/aromatic N) is 2. The van der Waals surface area contributed by atoms with Gasteiger partial charge in [-0.05, 0) is 111 Å². The van der Waals surface area contributed by atoms with Crippen molar-refractivity contribution in [1.82, 2.24) is 9.13 Å². The first-order chi connectivity index (χ1) is 28.0. The first-order valence-electron chi connectivity index (χ1n) is 19.9. The first kappa shape index (κ1) is 32.1. The van der Waals surface area contributed by atoms with Crippen molar-refractivity contribution < 1.29 is 0 Å². The number of aromatic nitrogens is 2. The van der Waals surface area contributed by atoms with Gasteiger partial charge in [0.1, 0.15) is 0 Å². The van der Waals surface area contributed by atoms with Gasteiger partial charge in [0.15, 0.2) is 0 Å². The summed E-state index contributed by atoms with van der Waals surface area (Å²) in [5.41, 5.74) is 17.5. The van der Waals surface area contributed by atoms with Gasteiger partial charge in [-0.2, -0.15) is 0 Å². The van der Waals surface area contributed by atoms with Gasteiger partial charge in [-0.1, -0.05) is 147 Å². The molecule has 1 aliphatic carbocycles. The van der Waals surface area contributed by atoms with Crippen LogP contribution in [0.2, 0.25) is 0 Å². The van der Waals surface area contributed by atoms with Crippen molar-refractivity contribution in [2.75, 3.05) is 0 Å². The third-order valence-corrected chi connectivity index (χ3v) is 12.7. The summed E-state index contributed by atoms with van der Waals surface area (Å²) in [7, 11) is 0. The molecule has 0 saturated carbocycles. The van der Waals surface area contributed by atoms with E-state index in [1.807, 2.05) is 0 Å². The Kier molecular flexibility index (Phi) is 6.72. The van der Waals surface area contributed by atoms with Crippen molar-refractivity contribution in [3.63, 3.8) is 0 Å². The third-order valence-electron chi connectivity index (χ3n) is 12.7. The monoisotopic (exact) mass is 726 g/mol. The normalized spacial score (nSPS) is 13.2. The van der Waals surface area contributed by atoms with Gasteiger partial charge in [-0.25, -0.2) is 0 Å². The summed E-state index contributed by atoms with van der Waals surface area (Å²) < 4.78 is 4.92. The Bertz CT molecular complexity index is 3410. The molecule has 9 aromatic carbocycles. The van der Waals surface area contributed by atoms with Crippen molar-refractivity contribution >= 4 is 54.4 Å². The topological polar surface area (TPSA) is 9.86 Å². The number of hydrogen-bond acceptors (Lipinski definition) is 0. The number of fused-ring (bicyclic) bond motifs is 10. The van der Waals surface area contributed by atoms with Crippen LogP contribution in [0.15, 0.2) is 194 Å². The van der Waals surface area contributed by atoms with E-state index in [4.69, 9.17) is 0 Å². The molecule has 0 saturated heterocycles. The minimum Gasteiger partial charge on any atom is -0.309 e. The summed E-state index contributed by atoms with van der Waals surface area (Å²) in [6, 6.07) is 71.9. The lowest BCUT2D eigenvalue weighted by Crippen LogP contribution is -2.14. The highest BCUT2D eigenvalue weighted by Gasteiger charge is 2.36. The third kappa shape index (κ3) is 4.65. The molecular weight excluding hydrogens is 689 g/mol. The maximum atomic E-state index is 2.51. The number of rotatable bonds is 4. The Morgan fingerprint density at radius 3 is 1.72 bits per heavy atom. The average Bonchev–Trinajstić information content (AvgIpc) is 3.85. The van der Waals surface area contributed by atoms with Crippen LogP contribution in [0.1, 0.15) is 25.0 Å². The Balaban J connectivity index is 1.07. The van der Waals surface area contributed by atoms with E-state index in [1.54, 1.807) is 0 Å². The second-order valence-electron chi connectivity index (χ2n) is 16.1. The summed E-state index contributed by atoms with van der Waals surface area (Å²) in [5, 5.41) is 7.55. The standard InChI is InChI=1S/C55H38N2/c1-55(2)48-20-10-8-18-42(48)44-33-47-46-32-39(26-30-53(46)57(54(47)34-49(44)55)50-22-12-16-37-15-6-7-17-41(37)50)38-25-29-52-45(31-38)43-19-9-11-21-51(43)56(52)40-27-23-36(24-28-40)35-13-4-3-5-14-35/h3-34H,1-2H3. The summed E-state index contributed by atoms with van der Waals surface area (Å²) in [5.74, 6) is 0. The molecule has 1 aliphatic rings. The van der Waals surface area contributed by atoms with Gasteiger partial charge < -0.3 is 9.13 Å². The van der Waals surface area contributed by atoms with Crippen LogP contribution in [0.4, 0.5) is 0 Å². The van der Waals surface area contributed by atoms with Gasteiger partial charge >= 0.3 is 0 Å². The second-order valence-corrected chi connectivity index (χ2v) is 16.1. The molecule has 0 amide bonds. The quantitative estimate of drug-likeness (QED) is 0.171. The van der Waals surface area contributed by atoms with E-state index >= 15 is 0 Å². The molecule has 2 aromatic heterocycles. The maximum Gasteiger partial charge on any atom is 0.0544 e. The fourth-order valence-electron chi connectivity index (χ4n) is 9.92. The largest absolute Gasteiger partial charge is 0.309 e. The fraction of sp³-hybridized carbons (Fsp3) is 0.0545. The lowest BCUT2D eigenvalue weighted by Gasteiger charge is -2.21. The molecule has 268 valence electrons. The number of hydrogen-bond donors (Lipinski definition) is 0. The summed E-state index contributed by atoms with van der Waals surface area (Å²) >= 11 is 0. The maximum absolute atomic E-state index is 2.51. The van der Waals surface area contributed by atoms with Crippen LogP contribution in [-0.2, 0) is 5.41 Å². The Morgan fingerprint density at radius 2 is 0.912 bits per heavy atom. The number of para-hydroxylation sites is 1. The second kappa shape index (κ2) is 11.9. The molecule has 0 N–H and O–H groups in total. The molecule has 0 spiro atoms. The number of benzene rings is 9. The summed E-state index contributed by atoms with van der Waals surface area (Å²) in [6.45, 7) is 4.75. The van der Waals surface area contributed by atoms with E-state index in [1.165, 1.54) is 105 Å². The van der Waals surface area contributed by atoms with Crippen molar-refractivity contribution in [1.29, 1.82) is 0 Å². The van der Waals surface area contributed by atoms with Crippen LogP contribution in [0.25, 0.3) is 99.1 Å². The molecule has 0 radical (unpaired) electrons. The highest BCUT2D eigenvalue weighted by atomic mass is 15.0.